The monoisotopic (exact) mass is 300 g/mol. The molecule has 6 heteroatoms. The lowest BCUT2D eigenvalue weighted by atomic mass is 10.1. The lowest BCUT2D eigenvalue weighted by molar-refractivity contribution is 0.473. The Bertz CT molecular complexity index is 575. The predicted octanol–water partition coefficient (Wildman–Crippen LogP) is 2.01. The number of sulfonamides is 1. The van der Waals surface area contributed by atoms with Crippen molar-refractivity contribution < 1.29 is 12.8 Å². The molecule has 1 aliphatic carbocycles. The molecule has 0 bridgehead atoms. The van der Waals surface area contributed by atoms with E-state index in [2.05, 4.69) is 10.0 Å². The highest BCUT2D eigenvalue weighted by Gasteiger charge is 2.29. The predicted molar refractivity (Wildman–Crippen MR) is 76.3 cm³/mol. The lowest BCUT2D eigenvalue weighted by Gasteiger charge is -2.18. The summed E-state index contributed by atoms with van der Waals surface area (Å²) in [6.07, 6.45) is 2.84. The van der Waals surface area contributed by atoms with Crippen molar-refractivity contribution in [3.63, 3.8) is 0 Å². The standard InChI is InChI=1S/C14H21FN2O2S/c1-10-4-3-5-13(10)17-20(18,19)14-8-11(9-16-2)6-7-12(14)15/h6-8,10,13,16-17H,3-5,9H2,1-2H3. The molecule has 112 valence electrons. The zero-order valence-electron chi connectivity index (χ0n) is 11.8. The van der Waals surface area contributed by atoms with Gasteiger partial charge in [0.2, 0.25) is 10.0 Å². The van der Waals surface area contributed by atoms with E-state index in [9.17, 15) is 12.8 Å². The first-order valence-corrected chi connectivity index (χ1v) is 8.37. The highest BCUT2D eigenvalue weighted by molar-refractivity contribution is 7.89. The van der Waals surface area contributed by atoms with Gasteiger partial charge in [-0.15, -0.1) is 0 Å². The van der Waals surface area contributed by atoms with E-state index in [1.165, 1.54) is 12.1 Å². The summed E-state index contributed by atoms with van der Waals surface area (Å²) in [4.78, 5) is -0.260. The molecule has 1 aromatic rings. The van der Waals surface area contributed by atoms with Gasteiger partial charge in [0.1, 0.15) is 10.7 Å². The quantitative estimate of drug-likeness (QED) is 0.874. The van der Waals surface area contributed by atoms with Crippen molar-refractivity contribution in [2.45, 2.75) is 43.7 Å². The molecule has 0 saturated heterocycles. The summed E-state index contributed by atoms with van der Waals surface area (Å²) in [5, 5.41) is 2.92. The van der Waals surface area contributed by atoms with Crippen LogP contribution in [0.25, 0.3) is 0 Å². The second-order valence-electron chi connectivity index (χ2n) is 5.43. The van der Waals surface area contributed by atoms with Crippen LogP contribution in [0.5, 0.6) is 0 Å². The highest BCUT2D eigenvalue weighted by Crippen LogP contribution is 2.27. The van der Waals surface area contributed by atoms with Gasteiger partial charge >= 0.3 is 0 Å². The number of benzene rings is 1. The van der Waals surface area contributed by atoms with Gasteiger partial charge in [-0.1, -0.05) is 19.4 Å². The Labute approximate surface area is 119 Å². The summed E-state index contributed by atoms with van der Waals surface area (Å²) in [5.41, 5.74) is 0.744. The molecular weight excluding hydrogens is 279 g/mol. The second-order valence-corrected chi connectivity index (χ2v) is 7.11. The molecule has 2 atom stereocenters. The maximum absolute atomic E-state index is 13.8. The van der Waals surface area contributed by atoms with E-state index in [-0.39, 0.29) is 10.9 Å². The Kier molecular flexibility index (Phi) is 4.78. The minimum Gasteiger partial charge on any atom is -0.316 e. The van der Waals surface area contributed by atoms with E-state index in [1.807, 2.05) is 6.92 Å². The minimum absolute atomic E-state index is 0.0904. The van der Waals surface area contributed by atoms with Crippen LogP contribution in [-0.2, 0) is 16.6 Å². The van der Waals surface area contributed by atoms with Crippen LogP contribution in [0.15, 0.2) is 23.1 Å². The number of hydrogen-bond acceptors (Lipinski definition) is 3. The third kappa shape index (κ3) is 3.37. The van der Waals surface area contributed by atoms with Gasteiger partial charge in [-0.25, -0.2) is 17.5 Å². The van der Waals surface area contributed by atoms with E-state index in [4.69, 9.17) is 0 Å². The Morgan fingerprint density at radius 2 is 2.10 bits per heavy atom. The third-order valence-corrected chi connectivity index (χ3v) is 5.34. The number of nitrogens with one attached hydrogen (secondary N) is 2. The molecule has 1 saturated carbocycles. The van der Waals surface area contributed by atoms with Crippen LogP contribution < -0.4 is 10.0 Å². The van der Waals surface area contributed by atoms with E-state index in [0.717, 1.165) is 24.8 Å². The number of rotatable bonds is 5. The largest absolute Gasteiger partial charge is 0.316 e. The molecule has 0 aromatic heterocycles. The van der Waals surface area contributed by atoms with Crippen molar-refractivity contribution in [1.82, 2.24) is 10.0 Å². The first-order chi connectivity index (χ1) is 9.44. The van der Waals surface area contributed by atoms with Crippen LogP contribution in [0.3, 0.4) is 0 Å². The van der Waals surface area contributed by atoms with Crippen molar-refractivity contribution in [1.29, 1.82) is 0 Å². The topological polar surface area (TPSA) is 58.2 Å². The van der Waals surface area contributed by atoms with Gasteiger partial charge in [-0.3, -0.25) is 0 Å². The Balaban J connectivity index is 2.26. The zero-order valence-corrected chi connectivity index (χ0v) is 12.6. The molecule has 0 heterocycles. The van der Waals surface area contributed by atoms with E-state index >= 15 is 0 Å². The molecule has 2 unspecified atom stereocenters. The minimum atomic E-state index is -3.80. The van der Waals surface area contributed by atoms with Gasteiger partial charge in [-0.05, 0) is 43.5 Å². The van der Waals surface area contributed by atoms with Crippen LogP contribution in [0, 0.1) is 11.7 Å². The fraction of sp³-hybridized carbons (Fsp3) is 0.571. The molecular formula is C14H21FN2O2S. The van der Waals surface area contributed by atoms with Gasteiger partial charge in [0, 0.05) is 12.6 Å². The molecule has 2 N–H and O–H groups in total. The number of hydrogen-bond donors (Lipinski definition) is 2. The maximum Gasteiger partial charge on any atom is 0.243 e. The molecule has 0 spiro atoms. The second kappa shape index (κ2) is 6.20. The molecule has 2 rings (SSSR count). The molecule has 1 aromatic carbocycles. The first kappa shape index (κ1) is 15.4. The smallest absolute Gasteiger partial charge is 0.243 e. The normalized spacial score (nSPS) is 23.1. The average molecular weight is 300 g/mol. The Morgan fingerprint density at radius 1 is 1.35 bits per heavy atom. The van der Waals surface area contributed by atoms with Gasteiger partial charge in [-0.2, -0.15) is 0 Å². The van der Waals surface area contributed by atoms with Crippen molar-refractivity contribution in [3.05, 3.63) is 29.6 Å². The van der Waals surface area contributed by atoms with Crippen molar-refractivity contribution >= 4 is 10.0 Å². The van der Waals surface area contributed by atoms with Crippen LogP contribution in [0.1, 0.15) is 31.7 Å². The van der Waals surface area contributed by atoms with E-state index in [0.29, 0.717) is 12.5 Å². The van der Waals surface area contributed by atoms with Crippen molar-refractivity contribution in [2.75, 3.05) is 7.05 Å². The molecule has 0 radical (unpaired) electrons. The first-order valence-electron chi connectivity index (χ1n) is 6.89. The van der Waals surface area contributed by atoms with Crippen LogP contribution in [-0.4, -0.2) is 21.5 Å². The SMILES string of the molecule is CNCc1ccc(F)c(S(=O)(=O)NC2CCCC2C)c1. The fourth-order valence-corrected chi connectivity index (χ4v) is 4.16. The average Bonchev–Trinajstić information content (AvgIpc) is 2.77. The van der Waals surface area contributed by atoms with Gasteiger partial charge < -0.3 is 5.32 Å². The van der Waals surface area contributed by atoms with Crippen molar-refractivity contribution in [3.8, 4) is 0 Å². The summed E-state index contributed by atoms with van der Waals surface area (Å²) in [6.45, 7) is 2.52. The summed E-state index contributed by atoms with van der Waals surface area (Å²) >= 11 is 0. The van der Waals surface area contributed by atoms with Gasteiger partial charge in [0.15, 0.2) is 0 Å². The molecule has 0 amide bonds. The molecule has 1 aliphatic rings. The Morgan fingerprint density at radius 3 is 2.70 bits per heavy atom. The van der Waals surface area contributed by atoms with Crippen molar-refractivity contribution in [2.24, 2.45) is 5.92 Å². The summed E-state index contributed by atoms with van der Waals surface area (Å²) in [6, 6.07) is 4.10. The molecule has 0 aliphatic heterocycles. The molecule has 1 fully saturated rings. The van der Waals surface area contributed by atoms with Crippen LogP contribution >= 0.6 is 0 Å². The van der Waals surface area contributed by atoms with Gasteiger partial charge in [0.25, 0.3) is 0 Å². The van der Waals surface area contributed by atoms with E-state index in [1.54, 1.807) is 13.1 Å². The summed E-state index contributed by atoms with van der Waals surface area (Å²) in [5.74, 6) is -0.406. The fourth-order valence-electron chi connectivity index (χ4n) is 2.65. The highest BCUT2D eigenvalue weighted by atomic mass is 32.2. The lowest BCUT2D eigenvalue weighted by Crippen LogP contribution is -2.36. The number of halogens is 1. The van der Waals surface area contributed by atoms with E-state index < -0.39 is 15.8 Å². The third-order valence-electron chi connectivity index (χ3n) is 3.83. The van der Waals surface area contributed by atoms with Crippen LogP contribution in [0.4, 0.5) is 4.39 Å². The molecule has 20 heavy (non-hydrogen) atoms. The summed E-state index contributed by atoms with van der Waals surface area (Å²) in [7, 11) is -2.04. The van der Waals surface area contributed by atoms with Gasteiger partial charge in [0.05, 0.1) is 0 Å². The zero-order chi connectivity index (χ0) is 14.8. The summed E-state index contributed by atoms with van der Waals surface area (Å²) < 4.78 is 41.2. The maximum atomic E-state index is 13.8. The molecule has 4 nitrogen and oxygen atoms in total. The Hall–Kier alpha value is -0.980. The van der Waals surface area contributed by atoms with Crippen LogP contribution in [0.2, 0.25) is 0 Å².